The Morgan fingerprint density at radius 2 is 1.64 bits per heavy atom. The van der Waals surface area contributed by atoms with Crippen molar-refractivity contribution in [3.8, 4) is 17.2 Å². The number of hydrogen-bond donors (Lipinski definition) is 1. The van der Waals surface area contributed by atoms with Gasteiger partial charge in [0.1, 0.15) is 23.1 Å². The molecular weight excluding hydrogens is 584 g/mol. The van der Waals surface area contributed by atoms with E-state index in [1.165, 1.54) is 11.3 Å². The molecular formula is C36H44N4O4S. The molecule has 1 unspecified atom stereocenters. The van der Waals surface area contributed by atoms with Crippen molar-refractivity contribution in [1.29, 1.82) is 0 Å². The molecule has 45 heavy (non-hydrogen) atoms. The van der Waals surface area contributed by atoms with Crippen LogP contribution in [-0.4, -0.2) is 53.2 Å². The Bertz CT molecular complexity index is 1490. The number of rotatable bonds is 17. The van der Waals surface area contributed by atoms with Gasteiger partial charge in [-0.1, -0.05) is 62.4 Å². The molecule has 0 aliphatic carbocycles. The normalized spacial score (nSPS) is 12.9. The second kappa shape index (κ2) is 16.4. The highest BCUT2D eigenvalue weighted by atomic mass is 32.1. The van der Waals surface area contributed by atoms with Gasteiger partial charge in [0, 0.05) is 24.5 Å². The van der Waals surface area contributed by atoms with Crippen LogP contribution in [0, 0.1) is 0 Å². The minimum atomic E-state index is -0.110. The molecule has 1 aliphatic heterocycles. The van der Waals surface area contributed by atoms with Gasteiger partial charge >= 0.3 is 0 Å². The lowest BCUT2D eigenvalue weighted by molar-refractivity contribution is 0.0932. The van der Waals surface area contributed by atoms with Crippen molar-refractivity contribution in [1.82, 2.24) is 20.1 Å². The van der Waals surface area contributed by atoms with Crippen LogP contribution in [0.5, 0.6) is 17.2 Å². The van der Waals surface area contributed by atoms with Crippen LogP contribution in [0.3, 0.4) is 0 Å². The number of ether oxygens (including phenoxy) is 3. The van der Waals surface area contributed by atoms with E-state index in [2.05, 4.69) is 66.2 Å². The van der Waals surface area contributed by atoms with E-state index in [0.717, 1.165) is 71.4 Å². The quantitative estimate of drug-likeness (QED) is 0.136. The Hall–Kier alpha value is -3.92. The maximum atomic E-state index is 13.0. The fourth-order valence-corrected chi connectivity index (χ4v) is 6.18. The van der Waals surface area contributed by atoms with E-state index in [-0.39, 0.29) is 18.7 Å². The molecule has 9 heteroatoms. The first-order chi connectivity index (χ1) is 22.0. The fraction of sp³-hybridized carbons (Fsp3) is 0.389. The summed E-state index contributed by atoms with van der Waals surface area (Å²) in [6, 6.07) is 24.6. The van der Waals surface area contributed by atoms with Crippen molar-refractivity contribution < 1.29 is 19.0 Å². The third-order valence-electron chi connectivity index (χ3n) is 7.95. The molecule has 238 valence electrons. The zero-order valence-electron chi connectivity index (χ0n) is 26.5. The van der Waals surface area contributed by atoms with Crippen molar-refractivity contribution in [3.63, 3.8) is 0 Å². The predicted octanol–water partition coefficient (Wildman–Crippen LogP) is 6.89. The molecule has 0 radical (unpaired) electrons. The molecule has 0 bridgehead atoms. The van der Waals surface area contributed by atoms with E-state index in [9.17, 15) is 4.79 Å². The first-order valence-corrected chi connectivity index (χ1v) is 16.7. The predicted molar refractivity (Wildman–Crippen MR) is 179 cm³/mol. The lowest BCUT2D eigenvalue weighted by Gasteiger charge is -2.22. The third-order valence-corrected chi connectivity index (χ3v) is 8.78. The number of thiazole rings is 1. The molecule has 2 heterocycles. The number of hydrogen-bond acceptors (Lipinski definition) is 8. The van der Waals surface area contributed by atoms with Gasteiger partial charge < -0.3 is 24.4 Å². The molecule has 3 aromatic carbocycles. The van der Waals surface area contributed by atoms with Gasteiger partial charge in [-0.2, -0.15) is 0 Å². The van der Waals surface area contributed by atoms with Gasteiger partial charge in [0.05, 0.1) is 6.54 Å². The van der Waals surface area contributed by atoms with E-state index in [4.69, 9.17) is 19.2 Å². The molecule has 1 N–H and O–H groups in total. The summed E-state index contributed by atoms with van der Waals surface area (Å²) in [7, 11) is 0. The van der Waals surface area contributed by atoms with Crippen molar-refractivity contribution in [2.45, 2.75) is 65.9 Å². The molecule has 0 saturated carbocycles. The highest BCUT2D eigenvalue weighted by molar-refractivity contribution is 7.09. The Morgan fingerprint density at radius 1 is 0.911 bits per heavy atom. The molecule has 1 aliphatic rings. The summed E-state index contributed by atoms with van der Waals surface area (Å²) in [6.45, 7) is 12.4. The maximum absolute atomic E-state index is 13.0. The van der Waals surface area contributed by atoms with Crippen LogP contribution in [0.25, 0.3) is 0 Å². The number of nitrogens with zero attached hydrogens (tertiary/aromatic N) is 3. The van der Waals surface area contributed by atoms with Crippen LogP contribution in [0.4, 0.5) is 0 Å². The maximum Gasteiger partial charge on any atom is 0.270 e. The van der Waals surface area contributed by atoms with Gasteiger partial charge in [0.2, 0.25) is 6.79 Å². The van der Waals surface area contributed by atoms with Crippen molar-refractivity contribution in [3.05, 3.63) is 106 Å². The molecule has 0 fully saturated rings. The van der Waals surface area contributed by atoms with Crippen LogP contribution < -0.4 is 19.5 Å². The van der Waals surface area contributed by atoms with E-state index in [1.54, 1.807) is 0 Å². The largest absolute Gasteiger partial charge is 0.489 e. The second-order valence-corrected chi connectivity index (χ2v) is 12.4. The summed E-state index contributed by atoms with van der Waals surface area (Å²) >= 11 is 1.52. The molecule has 8 nitrogen and oxygen atoms in total. The van der Waals surface area contributed by atoms with Crippen molar-refractivity contribution in [2.75, 3.05) is 26.4 Å². The number of carbonyl (C=O) groups excluding carboxylic acids is 1. The Kier molecular flexibility index (Phi) is 11.8. The van der Waals surface area contributed by atoms with Gasteiger partial charge in [-0.3, -0.25) is 9.69 Å². The minimum Gasteiger partial charge on any atom is -0.489 e. The third kappa shape index (κ3) is 9.78. The number of amides is 1. The summed E-state index contributed by atoms with van der Waals surface area (Å²) < 4.78 is 17.1. The average molecular weight is 629 g/mol. The standard InChI is InChI=1S/C36H44N4O4S/c1-4-39(5-2)19-9-10-27(3)37-36(41)32-25-45-35(38-32)23-40(22-30-15-18-33-34(20-30)44-26-43-33)21-28-13-16-31(17-14-28)42-24-29-11-7-6-8-12-29/h6-8,11-18,20,25,27H,4-5,9-10,19,21-24,26H2,1-3H3,(H,37,41). The van der Waals surface area contributed by atoms with E-state index in [1.807, 2.05) is 47.8 Å². The number of fused-ring (bicyclic) bond motifs is 1. The number of benzene rings is 3. The van der Waals surface area contributed by atoms with Crippen LogP contribution in [0.1, 0.15) is 65.8 Å². The lowest BCUT2D eigenvalue weighted by Crippen LogP contribution is -2.34. The summed E-state index contributed by atoms with van der Waals surface area (Å²) in [5.74, 6) is 2.27. The van der Waals surface area contributed by atoms with Gasteiger partial charge in [0.15, 0.2) is 11.5 Å². The van der Waals surface area contributed by atoms with Crippen molar-refractivity contribution in [2.24, 2.45) is 0 Å². The molecule has 1 atom stereocenters. The fourth-order valence-electron chi connectivity index (χ4n) is 5.37. The summed E-state index contributed by atoms with van der Waals surface area (Å²) in [5.41, 5.74) is 3.90. The van der Waals surface area contributed by atoms with Crippen LogP contribution in [0.2, 0.25) is 0 Å². The van der Waals surface area contributed by atoms with E-state index in [0.29, 0.717) is 31.9 Å². The molecule has 5 rings (SSSR count). The SMILES string of the molecule is CCN(CC)CCCC(C)NC(=O)c1csc(CN(Cc2ccc(OCc3ccccc3)cc2)Cc2ccc3c(c2)OCO3)n1. The van der Waals surface area contributed by atoms with Crippen molar-refractivity contribution >= 4 is 17.2 Å². The number of carbonyl (C=O) groups is 1. The topological polar surface area (TPSA) is 76.2 Å². The summed E-state index contributed by atoms with van der Waals surface area (Å²) in [5, 5.41) is 5.90. The number of aromatic nitrogens is 1. The minimum absolute atomic E-state index is 0.0976. The summed E-state index contributed by atoms with van der Waals surface area (Å²) in [6.07, 6.45) is 2.00. The molecule has 0 saturated heterocycles. The van der Waals surface area contributed by atoms with Gasteiger partial charge in [-0.05, 0) is 80.4 Å². The van der Waals surface area contributed by atoms with Gasteiger partial charge in [-0.25, -0.2) is 4.98 Å². The monoisotopic (exact) mass is 628 g/mol. The van der Waals surface area contributed by atoms with Gasteiger partial charge in [0.25, 0.3) is 5.91 Å². The zero-order valence-corrected chi connectivity index (χ0v) is 27.4. The Balaban J connectivity index is 1.21. The first kappa shape index (κ1) is 32.5. The highest BCUT2D eigenvalue weighted by Crippen LogP contribution is 2.33. The van der Waals surface area contributed by atoms with Crippen LogP contribution in [0.15, 0.2) is 78.2 Å². The smallest absolute Gasteiger partial charge is 0.270 e. The first-order valence-electron chi connectivity index (χ1n) is 15.8. The summed E-state index contributed by atoms with van der Waals surface area (Å²) in [4.78, 5) is 22.5. The molecule has 4 aromatic rings. The van der Waals surface area contributed by atoms with E-state index >= 15 is 0 Å². The van der Waals surface area contributed by atoms with E-state index < -0.39 is 0 Å². The second-order valence-electron chi connectivity index (χ2n) is 11.4. The van der Waals surface area contributed by atoms with Crippen LogP contribution in [-0.2, 0) is 26.2 Å². The Morgan fingerprint density at radius 3 is 2.42 bits per heavy atom. The van der Waals surface area contributed by atoms with Crippen LogP contribution >= 0.6 is 11.3 Å². The Labute approximate surface area is 271 Å². The average Bonchev–Trinajstić information content (AvgIpc) is 3.73. The van der Waals surface area contributed by atoms with Gasteiger partial charge in [-0.15, -0.1) is 11.3 Å². The zero-order chi connectivity index (χ0) is 31.4. The lowest BCUT2D eigenvalue weighted by atomic mass is 10.1. The molecule has 1 aromatic heterocycles. The molecule has 0 spiro atoms. The molecule has 1 amide bonds. The number of nitrogens with one attached hydrogen (secondary N) is 1. The highest BCUT2D eigenvalue weighted by Gasteiger charge is 2.18.